The molecule has 2 fully saturated rings. The fourth-order valence-electron chi connectivity index (χ4n) is 3.55. The predicted octanol–water partition coefficient (Wildman–Crippen LogP) is 3.26. The molecule has 1 aliphatic heterocycles. The number of nitrogens with zero attached hydrogens (tertiary/aromatic N) is 1. The molecule has 8 heteroatoms. The number of rotatable bonds is 7. The highest BCUT2D eigenvalue weighted by Crippen LogP contribution is 2.28. The van der Waals surface area contributed by atoms with Crippen LogP contribution in [0.1, 0.15) is 41.6 Å². The molecule has 1 aliphatic carbocycles. The predicted molar refractivity (Wildman–Crippen MR) is 110 cm³/mol. The molecule has 1 saturated heterocycles. The highest BCUT2D eigenvalue weighted by molar-refractivity contribution is 7.89. The van der Waals surface area contributed by atoms with Crippen molar-refractivity contribution in [1.29, 1.82) is 0 Å². The molecular formula is C22H25FN2O4S. The normalized spacial score (nSPS) is 19.6. The van der Waals surface area contributed by atoms with Crippen LogP contribution in [-0.4, -0.2) is 43.9 Å². The average Bonchev–Trinajstić information content (AvgIpc) is 3.41. The Hall–Kier alpha value is -2.45. The van der Waals surface area contributed by atoms with Gasteiger partial charge in [0.25, 0.3) is 5.91 Å². The van der Waals surface area contributed by atoms with Crippen LogP contribution in [0.15, 0.2) is 47.4 Å². The first-order chi connectivity index (χ1) is 14.3. The van der Waals surface area contributed by atoms with E-state index in [4.69, 9.17) is 4.74 Å². The highest BCUT2D eigenvalue weighted by Gasteiger charge is 2.36. The molecule has 1 unspecified atom stereocenters. The Morgan fingerprint density at radius 2 is 1.90 bits per heavy atom. The summed E-state index contributed by atoms with van der Waals surface area (Å²) >= 11 is 0. The summed E-state index contributed by atoms with van der Waals surface area (Å²) in [6.45, 7) is 2.17. The van der Waals surface area contributed by atoms with Crippen LogP contribution < -0.4 is 10.1 Å². The summed E-state index contributed by atoms with van der Waals surface area (Å²) in [4.78, 5) is 12.0. The van der Waals surface area contributed by atoms with Gasteiger partial charge in [-0.05, 0) is 74.6 Å². The topological polar surface area (TPSA) is 75.7 Å². The van der Waals surface area contributed by atoms with Gasteiger partial charge in [-0.25, -0.2) is 12.8 Å². The quantitative estimate of drug-likeness (QED) is 0.729. The second kappa shape index (κ2) is 8.35. The first kappa shape index (κ1) is 20.8. The van der Waals surface area contributed by atoms with E-state index in [0.29, 0.717) is 35.9 Å². The first-order valence-electron chi connectivity index (χ1n) is 10.2. The molecule has 6 nitrogen and oxygen atoms in total. The molecule has 0 bridgehead atoms. The van der Waals surface area contributed by atoms with Crippen molar-refractivity contribution >= 4 is 15.9 Å². The summed E-state index contributed by atoms with van der Waals surface area (Å²) in [5, 5.41) is 2.93. The Morgan fingerprint density at radius 1 is 1.17 bits per heavy atom. The molecule has 0 radical (unpaired) electrons. The van der Waals surface area contributed by atoms with Gasteiger partial charge in [0.1, 0.15) is 18.2 Å². The zero-order valence-corrected chi connectivity index (χ0v) is 17.6. The molecular weight excluding hydrogens is 407 g/mol. The molecule has 4 rings (SSSR count). The number of benzene rings is 2. The lowest BCUT2D eigenvalue weighted by Crippen LogP contribution is -2.39. The minimum absolute atomic E-state index is 0.0384. The molecule has 0 aromatic heterocycles. The van der Waals surface area contributed by atoms with Gasteiger partial charge in [0.05, 0.1) is 10.9 Å². The molecule has 2 aromatic rings. The van der Waals surface area contributed by atoms with Gasteiger partial charge in [0, 0.05) is 18.2 Å². The number of ether oxygens (including phenoxy) is 1. The van der Waals surface area contributed by atoms with Crippen LogP contribution >= 0.6 is 0 Å². The lowest BCUT2D eigenvalue weighted by atomic mass is 10.2. The Balaban J connectivity index is 1.40. The third-order valence-electron chi connectivity index (χ3n) is 5.54. The summed E-state index contributed by atoms with van der Waals surface area (Å²) in [6, 6.07) is 10.8. The SMILES string of the molecule is Cc1ccc(S(=O)(=O)N2CCCC2COc2ccc(C(=O)NC3CC3)cc2)cc1F. The molecule has 1 amide bonds. The van der Waals surface area contributed by atoms with Crippen molar-refractivity contribution in [3.05, 3.63) is 59.4 Å². The Kier molecular flexibility index (Phi) is 5.79. The number of halogens is 1. The van der Waals surface area contributed by atoms with E-state index in [1.54, 1.807) is 31.2 Å². The van der Waals surface area contributed by atoms with Crippen LogP contribution in [0.5, 0.6) is 5.75 Å². The van der Waals surface area contributed by atoms with Crippen LogP contribution in [0.25, 0.3) is 0 Å². The van der Waals surface area contributed by atoms with E-state index in [1.165, 1.54) is 16.4 Å². The number of hydrogen-bond acceptors (Lipinski definition) is 4. The van der Waals surface area contributed by atoms with E-state index in [0.717, 1.165) is 25.3 Å². The largest absolute Gasteiger partial charge is 0.492 e. The molecule has 0 spiro atoms. The summed E-state index contributed by atoms with van der Waals surface area (Å²) in [5.74, 6) is -0.0556. The van der Waals surface area contributed by atoms with Crippen molar-refractivity contribution in [1.82, 2.24) is 9.62 Å². The van der Waals surface area contributed by atoms with Crippen LogP contribution in [0.2, 0.25) is 0 Å². The van der Waals surface area contributed by atoms with Crippen molar-refractivity contribution in [3.8, 4) is 5.75 Å². The van der Waals surface area contributed by atoms with Crippen LogP contribution in [0, 0.1) is 12.7 Å². The summed E-state index contributed by atoms with van der Waals surface area (Å²) in [5.41, 5.74) is 0.977. The molecule has 160 valence electrons. The van der Waals surface area contributed by atoms with E-state index in [2.05, 4.69) is 5.32 Å². The van der Waals surface area contributed by atoms with E-state index >= 15 is 0 Å². The van der Waals surface area contributed by atoms with Gasteiger partial charge in [-0.3, -0.25) is 4.79 Å². The second-order valence-corrected chi connectivity index (χ2v) is 9.80. The molecule has 1 atom stereocenters. The van der Waals surface area contributed by atoms with Crippen molar-refractivity contribution in [2.45, 2.75) is 49.6 Å². The molecule has 30 heavy (non-hydrogen) atoms. The van der Waals surface area contributed by atoms with E-state index in [1.807, 2.05) is 0 Å². The van der Waals surface area contributed by atoms with E-state index in [9.17, 15) is 17.6 Å². The average molecular weight is 433 g/mol. The van der Waals surface area contributed by atoms with Gasteiger partial charge in [-0.15, -0.1) is 0 Å². The first-order valence-corrected chi connectivity index (χ1v) is 11.6. The number of nitrogens with one attached hydrogen (secondary N) is 1. The number of carbonyl (C=O) groups excluding carboxylic acids is 1. The van der Waals surface area contributed by atoms with Gasteiger partial charge in [-0.2, -0.15) is 4.31 Å². The maximum absolute atomic E-state index is 13.9. The lowest BCUT2D eigenvalue weighted by molar-refractivity contribution is 0.0951. The smallest absolute Gasteiger partial charge is 0.251 e. The van der Waals surface area contributed by atoms with Crippen molar-refractivity contribution in [3.63, 3.8) is 0 Å². The zero-order chi connectivity index (χ0) is 21.3. The maximum atomic E-state index is 13.9. The third kappa shape index (κ3) is 4.49. The highest BCUT2D eigenvalue weighted by atomic mass is 32.2. The van der Waals surface area contributed by atoms with Gasteiger partial charge in [0.2, 0.25) is 10.0 Å². The number of carbonyl (C=O) groups is 1. The molecule has 2 aromatic carbocycles. The van der Waals surface area contributed by atoms with Crippen LogP contribution in [0.4, 0.5) is 4.39 Å². The molecule has 2 aliphatic rings. The molecule has 1 saturated carbocycles. The van der Waals surface area contributed by atoms with Crippen LogP contribution in [-0.2, 0) is 10.0 Å². The number of hydrogen-bond donors (Lipinski definition) is 1. The van der Waals surface area contributed by atoms with Crippen molar-refractivity contribution < 1.29 is 22.3 Å². The number of aryl methyl sites for hydroxylation is 1. The van der Waals surface area contributed by atoms with Gasteiger partial charge < -0.3 is 10.1 Å². The van der Waals surface area contributed by atoms with Gasteiger partial charge >= 0.3 is 0 Å². The number of sulfonamides is 1. The van der Waals surface area contributed by atoms with E-state index < -0.39 is 15.8 Å². The minimum Gasteiger partial charge on any atom is -0.492 e. The van der Waals surface area contributed by atoms with E-state index in [-0.39, 0.29) is 23.5 Å². The zero-order valence-electron chi connectivity index (χ0n) is 16.8. The van der Waals surface area contributed by atoms with Gasteiger partial charge in [-0.1, -0.05) is 6.07 Å². The Bertz CT molecular complexity index is 1040. The maximum Gasteiger partial charge on any atom is 0.251 e. The monoisotopic (exact) mass is 432 g/mol. The van der Waals surface area contributed by atoms with Crippen LogP contribution in [0.3, 0.4) is 0 Å². The number of amides is 1. The fraction of sp³-hybridized carbons (Fsp3) is 0.409. The fourth-order valence-corrected chi connectivity index (χ4v) is 5.24. The summed E-state index contributed by atoms with van der Waals surface area (Å²) in [6.07, 6.45) is 3.46. The van der Waals surface area contributed by atoms with Crippen molar-refractivity contribution in [2.24, 2.45) is 0 Å². The minimum atomic E-state index is -3.79. The van der Waals surface area contributed by atoms with Crippen molar-refractivity contribution in [2.75, 3.05) is 13.2 Å². The molecule has 1 N–H and O–H groups in total. The Labute approximate surface area is 176 Å². The Morgan fingerprint density at radius 3 is 2.57 bits per heavy atom. The third-order valence-corrected chi connectivity index (χ3v) is 7.49. The lowest BCUT2D eigenvalue weighted by Gasteiger charge is -2.24. The molecule has 1 heterocycles. The second-order valence-electron chi connectivity index (χ2n) is 7.91. The standard InChI is InChI=1S/C22H25FN2O4S/c1-15-4-11-20(13-21(15)23)30(27,28)25-12-2-3-18(25)14-29-19-9-5-16(6-10-19)22(26)24-17-7-8-17/h4-6,9-11,13,17-18H,2-3,7-8,12,14H2,1H3,(H,24,26). The van der Waals surface area contributed by atoms with Gasteiger partial charge in [0.15, 0.2) is 0 Å². The summed E-state index contributed by atoms with van der Waals surface area (Å²) < 4.78 is 47.1. The summed E-state index contributed by atoms with van der Waals surface area (Å²) in [7, 11) is -3.79.